The van der Waals surface area contributed by atoms with E-state index in [1.165, 1.54) is 11.3 Å². The number of hydrogen-bond donors (Lipinski definition) is 2. The Morgan fingerprint density at radius 3 is 2.49 bits per heavy atom. The number of nitrogens with zero attached hydrogens (tertiary/aromatic N) is 2. The second-order valence-electron chi connectivity index (χ2n) is 8.42. The SMILES string of the molecule is COc1ccc(-c2ccccc2)c2sc(NC(=O)c3ccc(CNC(C)c4cccnc4)cc3)nc12.Cl. The number of methoxy groups -OCH3 is 1. The number of aromatic nitrogens is 2. The summed E-state index contributed by atoms with van der Waals surface area (Å²) in [5.74, 6) is 0.483. The number of thiazole rings is 1. The van der Waals surface area contributed by atoms with E-state index in [0.29, 0.717) is 23.0 Å². The van der Waals surface area contributed by atoms with Crippen molar-refractivity contribution < 1.29 is 9.53 Å². The maximum absolute atomic E-state index is 13.0. The second kappa shape index (κ2) is 12.0. The van der Waals surface area contributed by atoms with E-state index >= 15 is 0 Å². The quantitative estimate of drug-likeness (QED) is 0.228. The zero-order valence-electron chi connectivity index (χ0n) is 20.5. The Balaban J connectivity index is 0.00000320. The third-order valence-electron chi connectivity index (χ3n) is 6.04. The molecular weight excluding hydrogens is 504 g/mol. The number of nitrogens with one attached hydrogen (secondary N) is 2. The van der Waals surface area contributed by atoms with Crippen LogP contribution in [0.1, 0.15) is 34.5 Å². The fourth-order valence-corrected chi connectivity index (χ4v) is 5.02. The first-order valence-corrected chi connectivity index (χ1v) is 12.5. The van der Waals surface area contributed by atoms with Crippen LogP contribution in [0.4, 0.5) is 5.13 Å². The Bertz CT molecular complexity index is 1480. The van der Waals surface area contributed by atoms with Crippen LogP contribution < -0.4 is 15.4 Å². The molecule has 0 radical (unpaired) electrons. The van der Waals surface area contributed by atoms with Gasteiger partial charge in [0, 0.05) is 36.1 Å². The Morgan fingerprint density at radius 1 is 1.00 bits per heavy atom. The van der Waals surface area contributed by atoms with Crippen LogP contribution in [0.5, 0.6) is 5.75 Å². The number of fused-ring (bicyclic) bond motifs is 1. The van der Waals surface area contributed by atoms with E-state index in [1.54, 1.807) is 13.3 Å². The van der Waals surface area contributed by atoms with E-state index in [9.17, 15) is 4.79 Å². The van der Waals surface area contributed by atoms with Gasteiger partial charge in [0.25, 0.3) is 5.91 Å². The molecule has 6 nitrogen and oxygen atoms in total. The lowest BCUT2D eigenvalue weighted by atomic mass is 10.1. The molecule has 2 N–H and O–H groups in total. The summed E-state index contributed by atoms with van der Waals surface area (Å²) in [6.45, 7) is 2.80. The van der Waals surface area contributed by atoms with Crippen LogP contribution in [0.2, 0.25) is 0 Å². The Hall–Kier alpha value is -3.78. The summed E-state index contributed by atoms with van der Waals surface area (Å²) < 4.78 is 6.50. The highest BCUT2D eigenvalue weighted by Crippen LogP contribution is 2.39. The fourth-order valence-electron chi connectivity index (χ4n) is 4.01. The van der Waals surface area contributed by atoms with Gasteiger partial charge < -0.3 is 10.1 Å². The molecule has 0 saturated heterocycles. The van der Waals surface area contributed by atoms with Crippen LogP contribution in [-0.2, 0) is 6.54 Å². The minimum absolute atomic E-state index is 0. The number of carbonyl (C=O) groups excluding carboxylic acids is 1. The van der Waals surface area contributed by atoms with E-state index in [1.807, 2.05) is 66.9 Å². The molecule has 2 heterocycles. The molecule has 0 aliphatic carbocycles. The summed E-state index contributed by atoms with van der Waals surface area (Å²) in [6, 6.07) is 25.9. The van der Waals surface area contributed by atoms with Gasteiger partial charge in [-0.3, -0.25) is 15.1 Å². The standard InChI is InChI=1S/C29H26N4O2S.ClH/c1-19(23-9-6-16-30-18-23)31-17-20-10-12-22(13-11-20)28(34)33-29-32-26-25(35-2)15-14-24(27(26)36-29)21-7-4-3-5-8-21;/h3-16,18-19,31H,17H2,1-2H3,(H,32,33,34);1H. The van der Waals surface area contributed by atoms with Crippen LogP contribution in [0, 0.1) is 0 Å². The largest absolute Gasteiger partial charge is 0.494 e. The number of carbonyl (C=O) groups is 1. The smallest absolute Gasteiger partial charge is 0.257 e. The average Bonchev–Trinajstić information content (AvgIpc) is 3.36. The number of amides is 1. The van der Waals surface area contributed by atoms with Gasteiger partial charge in [-0.05, 0) is 53.9 Å². The highest BCUT2D eigenvalue weighted by molar-refractivity contribution is 7.23. The molecule has 0 saturated carbocycles. The molecule has 2 aromatic heterocycles. The molecule has 0 aliphatic heterocycles. The number of ether oxygens (including phenoxy) is 1. The second-order valence-corrected chi connectivity index (χ2v) is 9.42. The van der Waals surface area contributed by atoms with Gasteiger partial charge in [0.2, 0.25) is 0 Å². The summed E-state index contributed by atoms with van der Waals surface area (Å²) >= 11 is 1.45. The summed E-state index contributed by atoms with van der Waals surface area (Å²) in [5.41, 5.74) is 5.70. The van der Waals surface area contributed by atoms with Crippen molar-refractivity contribution in [3.63, 3.8) is 0 Å². The Labute approximate surface area is 226 Å². The summed E-state index contributed by atoms with van der Waals surface area (Å²) in [5, 5.41) is 6.98. The third-order valence-corrected chi connectivity index (χ3v) is 7.05. The van der Waals surface area contributed by atoms with Crippen molar-refractivity contribution in [3.8, 4) is 16.9 Å². The molecular formula is C29H27ClN4O2S. The molecule has 188 valence electrons. The first kappa shape index (κ1) is 26.3. The number of benzene rings is 3. The van der Waals surface area contributed by atoms with Crippen molar-refractivity contribution in [1.82, 2.24) is 15.3 Å². The molecule has 5 rings (SSSR count). The average molecular weight is 531 g/mol. The number of halogens is 1. The molecule has 0 aliphatic rings. The molecule has 1 amide bonds. The lowest BCUT2D eigenvalue weighted by Crippen LogP contribution is -2.18. The van der Waals surface area contributed by atoms with Gasteiger partial charge in [-0.25, -0.2) is 4.98 Å². The van der Waals surface area contributed by atoms with Crippen molar-refractivity contribution in [2.75, 3.05) is 12.4 Å². The molecule has 1 atom stereocenters. The van der Waals surface area contributed by atoms with E-state index in [-0.39, 0.29) is 24.4 Å². The Kier molecular flexibility index (Phi) is 8.50. The van der Waals surface area contributed by atoms with Crippen molar-refractivity contribution in [1.29, 1.82) is 0 Å². The van der Waals surface area contributed by atoms with Gasteiger partial charge in [-0.1, -0.05) is 59.9 Å². The van der Waals surface area contributed by atoms with Crippen LogP contribution in [0.15, 0.2) is 91.3 Å². The lowest BCUT2D eigenvalue weighted by Gasteiger charge is -2.14. The maximum atomic E-state index is 13.0. The van der Waals surface area contributed by atoms with Gasteiger partial charge in [-0.15, -0.1) is 12.4 Å². The van der Waals surface area contributed by atoms with Gasteiger partial charge in [0.1, 0.15) is 11.3 Å². The molecule has 8 heteroatoms. The molecule has 0 fully saturated rings. The zero-order valence-corrected chi connectivity index (χ0v) is 22.1. The van der Waals surface area contributed by atoms with Crippen molar-refractivity contribution >= 4 is 45.0 Å². The fraction of sp³-hybridized carbons (Fsp3) is 0.138. The summed E-state index contributed by atoms with van der Waals surface area (Å²) in [7, 11) is 1.63. The normalized spacial score (nSPS) is 11.5. The number of rotatable bonds is 8. The highest BCUT2D eigenvalue weighted by Gasteiger charge is 2.16. The summed E-state index contributed by atoms with van der Waals surface area (Å²) in [4.78, 5) is 21.8. The molecule has 0 spiro atoms. The van der Waals surface area contributed by atoms with Crippen LogP contribution in [-0.4, -0.2) is 23.0 Å². The van der Waals surface area contributed by atoms with E-state index in [4.69, 9.17) is 4.74 Å². The van der Waals surface area contributed by atoms with E-state index < -0.39 is 0 Å². The summed E-state index contributed by atoms with van der Waals surface area (Å²) in [6.07, 6.45) is 3.64. The van der Waals surface area contributed by atoms with Gasteiger partial charge in [0.05, 0.1) is 11.8 Å². The minimum Gasteiger partial charge on any atom is -0.494 e. The van der Waals surface area contributed by atoms with Crippen molar-refractivity contribution in [3.05, 3.63) is 108 Å². The van der Waals surface area contributed by atoms with Crippen LogP contribution in [0.25, 0.3) is 21.3 Å². The number of hydrogen-bond acceptors (Lipinski definition) is 6. The topological polar surface area (TPSA) is 76.1 Å². The number of anilines is 1. The minimum atomic E-state index is -0.197. The van der Waals surface area contributed by atoms with Crippen molar-refractivity contribution in [2.24, 2.45) is 0 Å². The first-order valence-electron chi connectivity index (χ1n) is 11.7. The van der Waals surface area contributed by atoms with Crippen molar-refractivity contribution in [2.45, 2.75) is 19.5 Å². The van der Waals surface area contributed by atoms with Gasteiger partial charge in [-0.2, -0.15) is 0 Å². The Morgan fingerprint density at radius 2 is 1.78 bits per heavy atom. The van der Waals surface area contributed by atoms with Gasteiger partial charge >= 0.3 is 0 Å². The first-order chi connectivity index (χ1) is 17.6. The predicted molar refractivity (Wildman–Crippen MR) is 153 cm³/mol. The number of pyridine rings is 1. The molecule has 1 unspecified atom stereocenters. The lowest BCUT2D eigenvalue weighted by molar-refractivity contribution is 0.102. The molecule has 5 aromatic rings. The van der Waals surface area contributed by atoms with Gasteiger partial charge in [0.15, 0.2) is 5.13 Å². The van der Waals surface area contributed by atoms with Crippen LogP contribution >= 0.6 is 23.7 Å². The molecule has 37 heavy (non-hydrogen) atoms. The zero-order chi connectivity index (χ0) is 24.9. The third kappa shape index (κ3) is 5.97. The highest BCUT2D eigenvalue weighted by atomic mass is 35.5. The monoisotopic (exact) mass is 530 g/mol. The molecule has 3 aromatic carbocycles. The molecule has 0 bridgehead atoms. The van der Waals surface area contributed by atoms with E-state index in [2.05, 4.69) is 45.7 Å². The maximum Gasteiger partial charge on any atom is 0.257 e. The predicted octanol–water partition coefficient (Wildman–Crippen LogP) is 6.89. The van der Waals surface area contributed by atoms with E-state index in [0.717, 1.165) is 32.5 Å². The van der Waals surface area contributed by atoms with Crippen LogP contribution in [0.3, 0.4) is 0 Å².